The molecular formula is C16H19FN2O2. The Morgan fingerprint density at radius 2 is 1.95 bits per heavy atom. The van der Waals surface area contributed by atoms with Crippen LogP contribution < -0.4 is 4.90 Å². The summed E-state index contributed by atoms with van der Waals surface area (Å²) >= 11 is 0. The van der Waals surface area contributed by atoms with Crippen molar-refractivity contribution in [3.63, 3.8) is 0 Å². The van der Waals surface area contributed by atoms with Gasteiger partial charge in [0.05, 0.1) is 30.5 Å². The van der Waals surface area contributed by atoms with E-state index in [0.717, 1.165) is 25.7 Å². The Morgan fingerprint density at radius 1 is 1.29 bits per heavy atom. The highest BCUT2D eigenvalue weighted by atomic mass is 19.1. The maximum Gasteiger partial charge on any atom is 0.168 e. The molecule has 1 heterocycles. The lowest BCUT2D eigenvalue weighted by atomic mass is 9.89. The predicted octanol–water partition coefficient (Wildman–Crippen LogP) is 2.82. The van der Waals surface area contributed by atoms with E-state index in [2.05, 4.69) is 0 Å². The summed E-state index contributed by atoms with van der Waals surface area (Å²) < 4.78 is 25.5. The van der Waals surface area contributed by atoms with Crippen LogP contribution in [0.4, 0.5) is 10.1 Å². The first-order chi connectivity index (χ1) is 10.1. The molecule has 0 unspecified atom stereocenters. The van der Waals surface area contributed by atoms with Crippen LogP contribution in [0.25, 0.3) is 0 Å². The van der Waals surface area contributed by atoms with Gasteiger partial charge < -0.3 is 14.4 Å². The number of hydrogen-bond donors (Lipinski definition) is 0. The lowest BCUT2D eigenvalue weighted by Crippen LogP contribution is -2.43. The van der Waals surface area contributed by atoms with Crippen LogP contribution in [0.1, 0.15) is 31.2 Å². The third-order valence-electron chi connectivity index (χ3n) is 4.53. The van der Waals surface area contributed by atoms with Gasteiger partial charge in [-0.25, -0.2) is 4.39 Å². The van der Waals surface area contributed by atoms with Crippen LogP contribution in [-0.4, -0.2) is 32.1 Å². The number of anilines is 1. The molecule has 0 aromatic heterocycles. The third-order valence-corrected chi connectivity index (χ3v) is 4.53. The van der Waals surface area contributed by atoms with Crippen LogP contribution in [-0.2, 0) is 9.47 Å². The number of halogens is 1. The quantitative estimate of drug-likeness (QED) is 0.840. The van der Waals surface area contributed by atoms with Crippen molar-refractivity contribution in [1.82, 2.24) is 0 Å². The Morgan fingerprint density at radius 3 is 2.52 bits per heavy atom. The summed E-state index contributed by atoms with van der Waals surface area (Å²) in [5.74, 6) is -0.731. The number of nitriles is 1. The SMILES string of the molecule is CN(c1ccc(C#N)cc1F)C1CCC2(CC1)OCCO2. The molecule has 1 aromatic rings. The van der Waals surface area contributed by atoms with Crippen LogP contribution in [0.5, 0.6) is 0 Å². The zero-order chi connectivity index (χ0) is 14.9. The lowest BCUT2D eigenvalue weighted by molar-refractivity contribution is -0.178. The maximum atomic E-state index is 14.1. The molecule has 3 rings (SSSR count). The summed E-state index contributed by atoms with van der Waals surface area (Å²) in [5.41, 5.74) is 0.892. The van der Waals surface area contributed by atoms with E-state index in [1.807, 2.05) is 18.0 Å². The topological polar surface area (TPSA) is 45.5 Å². The normalized spacial score (nSPS) is 21.4. The largest absolute Gasteiger partial charge is 0.369 e. The minimum Gasteiger partial charge on any atom is -0.369 e. The predicted molar refractivity (Wildman–Crippen MR) is 76.4 cm³/mol. The van der Waals surface area contributed by atoms with Crippen LogP contribution in [0.3, 0.4) is 0 Å². The van der Waals surface area contributed by atoms with Crippen LogP contribution in [0.2, 0.25) is 0 Å². The van der Waals surface area contributed by atoms with Gasteiger partial charge in [-0.1, -0.05) is 0 Å². The standard InChI is InChI=1S/C16H19FN2O2/c1-19(15-3-2-12(11-18)10-14(15)17)13-4-6-16(7-5-13)20-8-9-21-16/h2-3,10,13H,4-9H2,1H3. The molecule has 5 heteroatoms. The van der Waals surface area contributed by atoms with Crippen LogP contribution in [0.15, 0.2) is 18.2 Å². The van der Waals surface area contributed by atoms with Crippen molar-refractivity contribution in [2.24, 2.45) is 0 Å². The number of ether oxygens (including phenoxy) is 2. The molecule has 1 aromatic carbocycles. The van der Waals surface area contributed by atoms with E-state index < -0.39 is 0 Å². The molecule has 0 radical (unpaired) electrons. The van der Waals surface area contributed by atoms with Gasteiger partial charge in [0, 0.05) is 25.9 Å². The highest BCUT2D eigenvalue weighted by Gasteiger charge is 2.41. The Labute approximate surface area is 124 Å². The van der Waals surface area contributed by atoms with Crippen molar-refractivity contribution >= 4 is 5.69 Å². The van der Waals surface area contributed by atoms with Crippen molar-refractivity contribution < 1.29 is 13.9 Å². The molecule has 1 aliphatic heterocycles. The summed E-state index contributed by atoms with van der Waals surface area (Å²) in [6, 6.07) is 6.85. The number of benzene rings is 1. The van der Waals surface area contributed by atoms with Gasteiger partial charge in [0.25, 0.3) is 0 Å². The Kier molecular flexibility index (Phi) is 3.83. The van der Waals surface area contributed by atoms with Gasteiger partial charge in [0.1, 0.15) is 5.82 Å². The van der Waals surface area contributed by atoms with Gasteiger partial charge >= 0.3 is 0 Å². The van der Waals surface area contributed by atoms with Gasteiger partial charge in [-0.15, -0.1) is 0 Å². The van der Waals surface area contributed by atoms with E-state index in [4.69, 9.17) is 14.7 Å². The second kappa shape index (κ2) is 5.63. The average Bonchev–Trinajstić information content (AvgIpc) is 2.95. The Balaban J connectivity index is 1.69. The number of rotatable bonds is 2. The van der Waals surface area contributed by atoms with Crippen molar-refractivity contribution in [3.05, 3.63) is 29.6 Å². The zero-order valence-corrected chi connectivity index (χ0v) is 12.1. The van der Waals surface area contributed by atoms with Gasteiger partial charge in [0.15, 0.2) is 5.79 Å². The molecule has 1 spiro atoms. The van der Waals surface area contributed by atoms with Gasteiger partial charge in [0.2, 0.25) is 0 Å². The molecular weight excluding hydrogens is 271 g/mol. The fraction of sp³-hybridized carbons (Fsp3) is 0.562. The highest BCUT2D eigenvalue weighted by molar-refractivity contribution is 5.51. The van der Waals surface area contributed by atoms with Gasteiger partial charge in [-0.05, 0) is 31.0 Å². The monoisotopic (exact) mass is 290 g/mol. The van der Waals surface area contributed by atoms with Crippen LogP contribution in [0, 0.1) is 17.1 Å². The molecule has 1 aliphatic carbocycles. The first-order valence-corrected chi connectivity index (χ1v) is 7.34. The third kappa shape index (κ3) is 2.74. The number of nitrogens with zero attached hydrogens (tertiary/aromatic N) is 2. The summed E-state index contributed by atoms with van der Waals surface area (Å²) in [4.78, 5) is 1.97. The highest BCUT2D eigenvalue weighted by Crippen LogP contribution is 2.38. The van der Waals surface area contributed by atoms with E-state index in [1.165, 1.54) is 6.07 Å². The summed E-state index contributed by atoms with van der Waals surface area (Å²) in [7, 11) is 1.91. The van der Waals surface area contributed by atoms with Gasteiger partial charge in [-0.2, -0.15) is 5.26 Å². The molecule has 0 atom stereocenters. The minimum atomic E-state index is -0.388. The maximum absolute atomic E-state index is 14.1. The van der Waals surface area contributed by atoms with E-state index in [0.29, 0.717) is 24.5 Å². The van der Waals surface area contributed by atoms with Crippen molar-refractivity contribution in [1.29, 1.82) is 5.26 Å². The molecule has 0 N–H and O–H groups in total. The van der Waals surface area contributed by atoms with E-state index in [1.54, 1.807) is 12.1 Å². The second-order valence-electron chi connectivity index (χ2n) is 5.73. The molecule has 112 valence electrons. The summed E-state index contributed by atoms with van der Waals surface area (Å²) in [6.45, 7) is 1.34. The Hall–Kier alpha value is -1.64. The fourth-order valence-corrected chi connectivity index (χ4v) is 3.27. The van der Waals surface area contributed by atoms with Crippen LogP contribution >= 0.6 is 0 Å². The van der Waals surface area contributed by atoms with E-state index >= 15 is 0 Å². The molecule has 0 bridgehead atoms. The van der Waals surface area contributed by atoms with Gasteiger partial charge in [-0.3, -0.25) is 0 Å². The molecule has 1 saturated carbocycles. The lowest BCUT2D eigenvalue weighted by Gasteiger charge is -2.40. The van der Waals surface area contributed by atoms with E-state index in [-0.39, 0.29) is 17.6 Å². The minimum absolute atomic E-state index is 0.269. The van der Waals surface area contributed by atoms with E-state index in [9.17, 15) is 4.39 Å². The first-order valence-electron chi connectivity index (χ1n) is 7.34. The number of hydrogen-bond acceptors (Lipinski definition) is 4. The molecule has 0 amide bonds. The summed E-state index contributed by atoms with van der Waals surface area (Å²) in [5, 5.41) is 8.80. The molecule has 21 heavy (non-hydrogen) atoms. The molecule has 4 nitrogen and oxygen atoms in total. The summed E-state index contributed by atoms with van der Waals surface area (Å²) in [6.07, 6.45) is 3.52. The fourth-order valence-electron chi connectivity index (χ4n) is 3.27. The zero-order valence-electron chi connectivity index (χ0n) is 12.1. The average molecular weight is 290 g/mol. The molecule has 2 fully saturated rings. The van der Waals surface area contributed by atoms with Crippen molar-refractivity contribution in [2.45, 2.75) is 37.5 Å². The molecule has 1 saturated heterocycles. The smallest absolute Gasteiger partial charge is 0.168 e. The first kappa shape index (κ1) is 14.3. The Bertz CT molecular complexity index is 554. The molecule has 2 aliphatic rings. The second-order valence-corrected chi connectivity index (χ2v) is 5.73. The van der Waals surface area contributed by atoms with Crippen molar-refractivity contribution in [3.8, 4) is 6.07 Å². The van der Waals surface area contributed by atoms with Crippen molar-refractivity contribution in [2.75, 3.05) is 25.2 Å².